The number of benzene rings is 2. The van der Waals surface area contributed by atoms with Gasteiger partial charge in [-0.25, -0.2) is 0 Å². The number of hydrogen-bond donors (Lipinski definition) is 1. The monoisotopic (exact) mass is 304 g/mol. The van der Waals surface area contributed by atoms with Crippen molar-refractivity contribution in [2.24, 2.45) is 5.10 Å². The molecule has 0 bridgehead atoms. The molecule has 0 aromatic heterocycles. The first-order valence-corrected chi connectivity index (χ1v) is 6.79. The van der Waals surface area contributed by atoms with E-state index in [0.717, 1.165) is 11.3 Å². The van der Waals surface area contributed by atoms with E-state index >= 15 is 0 Å². The molecule has 110 valence electrons. The number of nitrogens with one attached hydrogen (secondary N) is 1. The summed E-state index contributed by atoms with van der Waals surface area (Å²) in [6.45, 7) is 2.04. The summed E-state index contributed by atoms with van der Waals surface area (Å²) in [7, 11) is 3.12. The molecule has 0 saturated carbocycles. The van der Waals surface area contributed by atoms with Crippen LogP contribution in [0.25, 0.3) is 0 Å². The van der Waals surface area contributed by atoms with Crippen molar-refractivity contribution in [1.29, 1.82) is 0 Å². The largest absolute Gasteiger partial charge is 0.493 e. The lowest BCUT2D eigenvalue weighted by Crippen LogP contribution is -1.96. The van der Waals surface area contributed by atoms with Gasteiger partial charge in [-0.05, 0) is 31.2 Å². The van der Waals surface area contributed by atoms with Gasteiger partial charge in [-0.2, -0.15) is 5.10 Å². The fraction of sp³-hybridized carbons (Fsp3) is 0.188. The summed E-state index contributed by atoms with van der Waals surface area (Å²) >= 11 is 6.27. The van der Waals surface area contributed by atoms with Crippen LogP contribution in [-0.4, -0.2) is 20.4 Å². The molecule has 21 heavy (non-hydrogen) atoms. The summed E-state index contributed by atoms with van der Waals surface area (Å²) in [5.41, 5.74) is 5.81. The minimum Gasteiger partial charge on any atom is -0.493 e. The Balaban J connectivity index is 2.15. The van der Waals surface area contributed by atoms with Crippen molar-refractivity contribution in [3.8, 4) is 11.5 Å². The molecule has 2 aromatic rings. The van der Waals surface area contributed by atoms with Gasteiger partial charge in [-0.1, -0.05) is 29.3 Å². The average Bonchev–Trinajstić information content (AvgIpc) is 2.50. The molecule has 0 aliphatic carbocycles. The number of anilines is 1. The Kier molecular flexibility index (Phi) is 5.06. The molecule has 0 fully saturated rings. The molecule has 2 rings (SSSR count). The Morgan fingerprint density at radius 2 is 1.76 bits per heavy atom. The fourth-order valence-corrected chi connectivity index (χ4v) is 2.09. The molecule has 0 radical (unpaired) electrons. The SMILES string of the molecule is COc1ccc(/C=N/Nc2ccc(C)cc2)c(Cl)c1OC. The fourth-order valence-electron chi connectivity index (χ4n) is 1.81. The normalized spacial score (nSPS) is 10.7. The van der Waals surface area contributed by atoms with Crippen molar-refractivity contribution in [3.63, 3.8) is 0 Å². The minimum atomic E-state index is 0.464. The molecule has 0 aliphatic rings. The van der Waals surface area contributed by atoms with Crippen molar-refractivity contribution in [3.05, 3.63) is 52.5 Å². The Labute approximate surface area is 129 Å². The Morgan fingerprint density at radius 1 is 1.05 bits per heavy atom. The van der Waals surface area contributed by atoms with E-state index in [-0.39, 0.29) is 0 Å². The van der Waals surface area contributed by atoms with Crippen LogP contribution in [0.5, 0.6) is 11.5 Å². The number of hydrazone groups is 1. The first-order valence-electron chi connectivity index (χ1n) is 6.42. The first kappa shape index (κ1) is 15.2. The highest BCUT2D eigenvalue weighted by atomic mass is 35.5. The van der Waals surface area contributed by atoms with Crippen LogP contribution in [0.2, 0.25) is 5.02 Å². The summed E-state index contributed by atoms with van der Waals surface area (Å²) in [5, 5.41) is 4.64. The van der Waals surface area contributed by atoms with Gasteiger partial charge in [-0.15, -0.1) is 0 Å². The summed E-state index contributed by atoms with van der Waals surface area (Å²) in [6, 6.07) is 11.6. The molecule has 0 saturated heterocycles. The number of ether oxygens (including phenoxy) is 2. The second-order valence-corrected chi connectivity index (χ2v) is 4.82. The molecule has 1 N–H and O–H groups in total. The number of hydrogen-bond acceptors (Lipinski definition) is 4. The topological polar surface area (TPSA) is 42.8 Å². The maximum atomic E-state index is 6.27. The van der Waals surface area contributed by atoms with Gasteiger partial charge in [0.1, 0.15) is 0 Å². The number of halogens is 1. The number of aryl methyl sites for hydroxylation is 1. The molecular formula is C16H17ClN2O2. The van der Waals surface area contributed by atoms with Gasteiger partial charge in [0.25, 0.3) is 0 Å². The van der Waals surface area contributed by atoms with Gasteiger partial charge in [0.05, 0.1) is 31.1 Å². The zero-order chi connectivity index (χ0) is 15.2. The van der Waals surface area contributed by atoms with Crippen molar-refractivity contribution in [2.75, 3.05) is 19.6 Å². The Bertz CT molecular complexity index is 639. The molecule has 0 unspecified atom stereocenters. The van der Waals surface area contributed by atoms with Crippen LogP contribution in [-0.2, 0) is 0 Å². The van der Waals surface area contributed by atoms with Crippen LogP contribution in [0, 0.1) is 6.92 Å². The van der Waals surface area contributed by atoms with Gasteiger partial charge in [0.15, 0.2) is 11.5 Å². The quantitative estimate of drug-likeness (QED) is 0.667. The van der Waals surface area contributed by atoms with E-state index in [2.05, 4.69) is 10.5 Å². The molecule has 0 aliphatic heterocycles. The van der Waals surface area contributed by atoms with E-state index < -0.39 is 0 Å². The Morgan fingerprint density at radius 3 is 2.38 bits per heavy atom. The van der Waals surface area contributed by atoms with Gasteiger partial charge in [0.2, 0.25) is 0 Å². The third-order valence-electron chi connectivity index (χ3n) is 2.96. The first-order chi connectivity index (χ1) is 10.2. The maximum absolute atomic E-state index is 6.27. The van der Waals surface area contributed by atoms with Crippen molar-refractivity contribution >= 4 is 23.5 Å². The van der Waals surface area contributed by atoms with Crippen molar-refractivity contribution < 1.29 is 9.47 Å². The highest BCUT2D eigenvalue weighted by Crippen LogP contribution is 2.36. The van der Waals surface area contributed by atoms with E-state index in [1.165, 1.54) is 5.56 Å². The van der Waals surface area contributed by atoms with Gasteiger partial charge < -0.3 is 9.47 Å². The standard InChI is InChI=1S/C16H17ClN2O2/c1-11-4-7-13(8-5-11)19-18-10-12-6-9-14(20-2)16(21-3)15(12)17/h4-10,19H,1-3H3/b18-10+. The lowest BCUT2D eigenvalue weighted by Gasteiger charge is -2.10. The molecule has 0 heterocycles. The predicted molar refractivity (Wildman–Crippen MR) is 87.0 cm³/mol. The summed E-state index contributed by atoms with van der Waals surface area (Å²) < 4.78 is 10.4. The molecule has 5 heteroatoms. The van der Waals surface area contributed by atoms with Crippen LogP contribution >= 0.6 is 11.6 Å². The van der Waals surface area contributed by atoms with Gasteiger partial charge >= 0.3 is 0 Å². The minimum absolute atomic E-state index is 0.464. The summed E-state index contributed by atoms with van der Waals surface area (Å²) in [5.74, 6) is 1.09. The molecular weight excluding hydrogens is 288 g/mol. The van der Waals surface area contributed by atoms with E-state index in [9.17, 15) is 0 Å². The molecule has 0 atom stereocenters. The number of methoxy groups -OCH3 is 2. The molecule has 0 amide bonds. The maximum Gasteiger partial charge on any atom is 0.180 e. The van der Waals surface area contributed by atoms with Crippen LogP contribution in [0.4, 0.5) is 5.69 Å². The Hall–Kier alpha value is -2.20. The third kappa shape index (κ3) is 3.67. The van der Waals surface area contributed by atoms with Crippen LogP contribution in [0.3, 0.4) is 0 Å². The lowest BCUT2D eigenvalue weighted by atomic mass is 10.2. The second kappa shape index (κ2) is 6.99. The third-order valence-corrected chi connectivity index (χ3v) is 3.35. The number of rotatable bonds is 5. The average molecular weight is 305 g/mol. The number of nitrogens with zero attached hydrogens (tertiary/aromatic N) is 1. The van der Waals surface area contributed by atoms with Crippen LogP contribution < -0.4 is 14.9 Å². The van der Waals surface area contributed by atoms with Crippen molar-refractivity contribution in [2.45, 2.75) is 6.92 Å². The highest BCUT2D eigenvalue weighted by Gasteiger charge is 2.11. The lowest BCUT2D eigenvalue weighted by molar-refractivity contribution is 0.355. The van der Waals surface area contributed by atoms with Gasteiger partial charge in [-0.3, -0.25) is 5.43 Å². The zero-order valence-corrected chi connectivity index (χ0v) is 12.9. The van der Waals surface area contributed by atoms with E-state index in [1.54, 1.807) is 26.5 Å². The van der Waals surface area contributed by atoms with E-state index in [0.29, 0.717) is 16.5 Å². The smallest absolute Gasteiger partial charge is 0.180 e. The van der Waals surface area contributed by atoms with Crippen LogP contribution in [0.1, 0.15) is 11.1 Å². The van der Waals surface area contributed by atoms with Crippen molar-refractivity contribution in [1.82, 2.24) is 0 Å². The van der Waals surface area contributed by atoms with E-state index in [4.69, 9.17) is 21.1 Å². The summed E-state index contributed by atoms with van der Waals surface area (Å²) in [6.07, 6.45) is 1.64. The molecule has 4 nitrogen and oxygen atoms in total. The molecule has 0 spiro atoms. The highest BCUT2D eigenvalue weighted by molar-refractivity contribution is 6.34. The van der Waals surface area contributed by atoms with Gasteiger partial charge in [0, 0.05) is 5.56 Å². The van der Waals surface area contributed by atoms with Crippen LogP contribution in [0.15, 0.2) is 41.5 Å². The van der Waals surface area contributed by atoms with E-state index in [1.807, 2.05) is 37.3 Å². The molecule has 2 aromatic carbocycles. The second-order valence-electron chi connectivity index (χ2n) is 4.44. The zero-order valence-electron chi connectivity index (χ0n) is 12.2. The predicted octanol–water partition coefficient (Wildman–Crippen LogP) is 4.11. The summed E-state index contributed by atoms with van der Waals surface area (Å²) in [4.78, 5) is 0.